The van der Waals surface area contributed by atoms with Gasteiger partial charge < -0.3 is 9.64 Å². The number of hydrogen-bond acceptors (Lipinski definition) is 5. The van der Waals surface area contributed by atoms with Crippen LogP contribution in [0.4, 0.5) is 0 Å². The molecule has 2 aromatic heterocycles. The van der Waals surface area contributed by atoms with Crippen molar-refractivity contribution in [2.75, 3.05) is 26.2 Å². The number of pyridine rings is 1. The van der Waals surface area contributed by atoms with Crippen molar-refractivity contribution in [3.8, 4) is 6.01 Å². The van der Waals surface area contributed by atoms with Crippen LogP contribution < -0.4 is 4.74 Å². The summed E-state index contributed by atoms with van der Waals surface area (Å²) in [5, 5.41) is 0.947. The van der Waals surface area contributed by atoms with Gasteiger partial charge in [0.15, 0.2) is 0 Å². The van der Waals surface area contributed by atoms with Crippen LogP contribution in [-0.2, 0) is 0 Å². The molecule has 2 fully saturated rings. The van der Waals surface area contributed by atoms with Gasteiger partial charge in [-0.3, -0.25) is 4.98 Å². The van der Waals surface area contributed by atoms with Crippen LogP contribution in [0.5, 0.6) is 6.01 Å². The van der Waals surface area contributed by atoms with Crippen molar-refractivity contribution in [1.82, 2.24) is 19.9 Å². The minimum atomic E-state index is 0.327. The molecular weight excluding hydrogens is 288 g/mol. The second-order valence-electron chi connectivity index (χ2n) is 7.36. The highest BCUT2D eigenvalue weighted by Crippen LogP contribution is 2.46. The van der Waals surface area contributed by atoms with E-state index in [4.69, 9.17) is 4.74 Å². The molecule has 0 spiro atoms. The Kier molecular flexibility index (Phi) is 3.89. The number of rotatable bonds is 5. The van der Waals surface area contributed by atoms with Crippen molar-refractivity contribution in [3.63, 3.8) is 0 Å². The van der Waals surface area contributed by atoms with Gasteiger partial charge in [0.05, 0.1) is 12.1 Å². The number of nitrogens with zero attached hydrogens (tertiary/aromatic N) is 4. The van der Waals surface area contributed by atoms with Gasteiger partial charge in [-0.05, 0) is 44.2 Å². The highest BCUT2D eigenvalue weighted by molar-refractivity contribution is 5.76. The third kappa shape index (κ3) is 3.44. The maximum atomic E-state index is 5.94. The third-order valence-corrected chi connectivity index (χ3v) is 5.12. The van der Waals surface area contributed by atoms with E-state index in [1.54, 1.807) is 18.6 Å². The molecule has 0 unspecified atom stereocenters. The third-order valence-electron chi connectivity index (χ3n) is 5.12. The standard InChI is InChI=1S/C18H24N4O/c1-14-3-2-8-22(11-14)12-18(5-6-18)13-23-17-20-10-15-9-19-7-4-16(15)21-17/h4,7,9-10,14H,2-3,5-6,8,11-13H2,1H3/t14-/m1/s1. The van der Waals surface area contributed by atoms with Crippen LogP contribution in [0.1, 0.15) is 32.6 Å². The van der Waals surface area contributed by atoms with E-state index in [1.807, 2.05) is 6.07 Å². The van der Waals surface area contributed by atoms with Crippen LogP contribution >= 0.6 is 0 Å². The van der Waals surface area contributed by atoms with Crippen molar-refractivity contribution < 1.29 is 4.74 Å². The predicted molar refractivity (Wildman–Crippen MR) is 89.3 cm³/mol. The van der Waals surface area contributed by atoms with E-state index in [2.05, 4.69) is 26.8 Å². The maximum absolute atomic E-state index is 5.94. The SMILES string of the molecule is C[C@@H]1CCCN(CC2(COc3ncc4cnccc4n3)CC2)C1. The summed E-state index contributed by atoms with van der Waals surface area (Å²) in [6.07, 6.45) is 10.5. The Morgan fingerprint density at radius 1 is 1.35 bits per heavy atom. The van der Waals surface area contributed by atoms with Gasteiger partial charge in [-0.15, -0.1) is 0 Å². The molecule has 0 bridgehead atoms. The molecule has 3 heterocycles. The van der Waals surface area contributed by atoms with Crippen molar-refractivity contribution in [1.29, 1.82) is 0 Å². The topological polar surface area (TPSA) is 51.1 Å². The first-order valence-corrected chi connectivity index (χ1v) is 8.64. The molecule has 0 radical (unpaired) electrons. The Balaban J connectivity index is 1.37. The van der Waals surface area contributed by atoms with Crippen LogP contribution in [0.15, 0.2) is 24.7 Å². The number of ether oxygens (including phenoxy) is 1. The molecule has 0 N–H and O–H groups in total. The first kappa shape index (κ1) is 14.8. The van der Waals surface area contributed by atoms with Gasteiger partial charge in [-0.2, -0.15) is 4.98 Å². The Hall–Kier alpha value is -1.75. The normalized spacial score (nSPS) is 23.8. The van der Waals surface area contributed by atoms with Crippen LogP contribution in [0.3, 0.4) is 0 Å². The summed E-state index contributed by atoms with van der Waals surface area (Å²) in [6.45, 7) is 6.73. The smallest absolute Gasteiger partial charge is 0.316 e. The minimum absolute atomic E-state index is 0.327. The number of piperidine rings is 1. The van der Waals surface area contributed by atoms with E-state index in [1.165, 1.54) is 38.8 Å². The van der Waals surface area contributed by atoms with Gasteiger partial charge in [-0.25, -0.2) is 4.98 Å². The Bertz CT molecular complexity index is 686. The van der Waals surface area contributed by atoms with Crippen molar-refractivity contribution in [2.45, 2.75) is 32.6 Å². The molecule has 0 aromatic carbocycles. The molecule has 1 atom stereocenters. The average Bonchev–Trinajstić information content (AvgIpc) is 3.33. The Morgan fingerprint density at radius 2 is 2.26 bits per heavy atom. The largest absolute Gasteiger partial charge is 0.463 e. The first-order valence-electron chi connectivity index (χ1n) is 8.64. The molecule has 1 saturated carbocycles. The monoisotopic (exact) mass is 312 g/mol. The lowest BCUT2D eigenvalue weighted by molar-refractivity contribution is 0.119. The van der Waals surface area contributed by atoms with Gasteiger partial charge in [0.25, 0.3) is 0 Å². The molecule has 122 valence electrons. The summed E-state index contributed by atoms with van der Waals surface area (Å²) in [7, 11) is 0. The van der Waals surface area contributed by atoms with Crippen molar-refractivity contribution in [2.24, 2.45) is 11.3 Å². The number of aromatic nitrogens is 3. The van der Waals surface area contributed by atoms with E-state index in [0.29, 0.717) is 11.4 Å². The van der Waals surface area contributed by atoms with Crippen LogP contribution in [0.2, 0.25) is 0 Å². The summed E-state index contributed by atoms with van der Waals surface area (Å²) in [5.41, 5.74) is 1.22. The van der Waals surface area contributed by atoms with E-state index in [-0.39, 0.29) is 0 Å². The molecule has 5 heteroatoms. The maximum Gasteiger partial charge on any atom is 0.316 e. The lowest BCUT2D eigenvalue weighted by Gasteiger charge is -2.33. The van der Waals surface area contributed by atoms with Crippen LogP contribution in [0.25, 0.3) is 10.9 Å². The van der Waals surface area contributed by atoms with Gasteiger partial charge in [0.2, 0.25) is 0 Å². The van der Waals surface area contributed by atoms with Crippen LogP contribution in [-0.4, -0.2) is 46.1 Å². The predicted octanol–water partition coefficient (Wildman–Crippen LogP) is 2.92. The second-order valence-corrected chi connectivity index (χ2v) is 7.36. The molecule has 23 heavy (non-hydrogen) atoms. The van der Waals surface area contributed by atoms with Crippen molar-refractivity contribution in [3.05, 3.63) is 24.7 Å². The molecule has 0 amide bonds. The zero-order valence-electron chi connectivity index (χ0n) is 13.7. The lowest BCUT2D eigenvalue weighted by atomic mass is 9.98. The zero-order chi connectivity index (χ0) is 15.7. The summed E-state index contributed by atoms with van der Waals surface area (Å²) >= 11 is 0. The second kappa shape index (κ2) is 6.04. The fraction of sp³-hybridized carbons (Fsp3) is 0.611. The number of hydrogen-bond donors (Lipinski definition) is 0. The van der Waals surface area contributed by atoms with Crippen LogP contribution in [0, 0.1) is 11.3 Å². The van der Waals surface area contributed by atoms with E-state index < -0.39 is 0 Å². The molecule has 1 saturated heterocycles. The Morgan fingerprint density at radius 3 is 3.09 bits per heavy atom. The highest BCUT2D eigenvalue weighted by atomic mass is 16.5. The fourth-order valence-electron chi connectivity index (χ4n) is 3.57. The Labute approximate surface area is 137 Å². The zero-order valence-corrected chi connectivity index (χ0v) is 13.7. The molecule has 1 aliphatic heterocycles. The highest BCUT2D eigenvalue weighted by Gasteiger charge is 2.45. The average molecular weight is 312 g/mol. The molecule has 5 nitrogen and oxygen atoms in total. The molecule has 4 rings (SSSR count). The summed E-state index contributed by atoms with van der Waals surface area (Å²) in [4.78, 5) is 15.5. The fourth-order valence-corrected chi connectivity index (χ4v) is 3.57. The quantitative estimate of drug-likeness (QED) is 0.849. The van der Waals surface area contributed by atoms with Crippen molar-refractivity contribution >= 4 is 10.9 Å². The van der Waals surface area contributed by atoms with Gasteiger partial charge >= 0.3 is 6.01 Å². The van der Waals surface area contributed by atoms with Gasteiger partial charge in [0, 0.05) is 42.5 Å². The molecule has 1 aliphatic carbocycles. The minimum Gasteiger partial charge on any atom is -0.463 e. The summed E-state index contributed by atoms with van der Waals surface area (Å²) in [5.74, 6) is 0.831. The molecule has 2 aromatic rings. The number of fused-ring (bicyclic) bond motifs is 1. The number of likely N-dealkylation sites (tertiary alicyclic amines) is 1. The first-order chi connectivity index (χ1) is 11.2. The van der Waals surface area contributed by atoms with Gasteiger partial charge in [-0.1, -0.05) is 6.92 Å². The van der Waals surface area contributed by atoms with Gasteiger partial charge in [0.1, 0.15) is 0 Å². The van der Waals surface area contributed by atoms with E-state index in [0.717, 1.165) is 30.0 Å². The summed E-state index contributed by atoms with van der Waals surface area (Å²) < 4.78 is 5.94. The van der Waals surface area contributed by atoms with E-state index >= 15 is 0 Å². The molecular formula is C18H24N4O. The van der Waals surface area contributed by atoms with E-state index in [9.17, 15) is 0 Å². The summed E-state index contributed by atoms with van der Waals surface area (Å²) in [6, 6.07) is 2.38. The lowest BCUT2D eigenvalue weighted by Crippen LogP contribution is -2.39. The molecule has 2 aliphatic rings.